The Kier molecular flexibility index (Phi) is 3.86. The standard InChI is InChI=1S/C15H12ClNO/c1-11-6-7-15(13(8-11)9-16)18-14-5-3-2-4-12(14)10-17/h2-8H,9H2,1H3. The molecule has 0 aromatic heterocycles. The highest BCUT2D eigenvalue weighted by atomic mass is 35.5. The van der Waals surface area contributed by atoms with E-state index in [1.165, 1.54) is 0 Å². The molecule has 0 atom stereocenters. The fourth-order valence-corrected chi connectivity index (χ4v) is 1.89. The molecule has 0 amide bonds. The van der Waals surface area contributed by atoms with Gasteiger partial charge in [0.05, 0.1) is 11.4 Å². The largest absolute Gasteiger partial charge is 0.456 e. The molecule has 0 saturated heterocycles. The zero-order valence-corrected chi connectivity index (χ0v) is 10.7. The van der Waals surface area contributed by atoms with E-state index in [1.54, 1.807) is 12.1 Å². The second kappa shape index (κ2) is 5.57. The number of para-hydroxylation sites is 1. The van der Waals surface area contributed by atoms with Crippen molar-refractivity contribution in [3.05, 3.63) is 59.2 Å². The van der Waals surface area contributed by atoms with Gasteiger partial charge in [-0.3, -0.25) is 0 Å². The molecule has 0 radical (unpaired) electrons. The van der Waals surface area contributed by atoms with Gasteiger partial charge in [0.1, 0.15) is 17.6 Å². The first-order valence-corrected chi connectivity index (χ1v) is 6.10. The Hall–Kier alpha value is -1.98. The van der Waals surface area contributed by atoms with Crippen molar-refractivity contribution in [2.45, 2.75) is 12.8 Å². The van der Waals surface area contributed by atoms with E-state index in [9.17, 15) is 0 Å². The Labute approximate surface area is 111 Å². The number of nitrogens with zero attached hydrogens (tertiary/aromatic N) is 1. The van der Waals surface area contributed by atoms with Crippen LogP contribution < -0.4 is 4.74 Å². The van der Waals surface area contributed by atoms with Crippen LogP contribution in [0.15, 0.2) is 42.5 Å². The van der Waals surface area contributed by atoms with Crippen LogP contribution in [0, 0.1) is 18.3 Å². The summed E-state index contributed by atoms with van der Waals surface area (Å²) in [5.41, 5.74) is 2.56. The van der Waals surface area contributed by atoms with Crippen LogP contribution in [0.3, 0.4) is 0 Å². The van der Waals surface area contributed by atoms with Gasteiger partial charge in [0.2, 0.25) is 0 Å². The SMILES string of the molecule is Cc1ccc(Oc2ccccc2C#N)c(CCl)c1. The number of alkyl halides is 1. The molecular weight excluding hydrogens is 246 g/mol. The third kappa shape index (κ3) is 2.64. The number of nitriles is 1. The molecule has 0 aliphatic carbocycles. The number of benzene rings is 2. The number of hydrogen-bond donors (Lipinski definition) is 0. The van der Waals surface area contributed by atoms with E-state index < -0.39 is 0 Å². The average Bonchev–Trinajstić information content (AvgIpc) is 2.41. The summed E-state index contributed by atoms with van der Waals surface area (Å²) in [6, 6.07) is 15.1. The predicted molar refractivity (Wildman–Crippen MR) is 72.0 cm³/mol. The summed E-state index contributed by atoms with van der Waals surface area (Å²) in [4.78, 5) is 0. The first-order valence-electron chi connectivity index (χ1n) is 5.57. The molecule has 0 fully saturated rings. The highest BCUT2D eigenvalue weighted by Crippen LogP contribution is 2.29. The second-order valence-corrected chi connectivity index (χ2v) is 4.22. The molecule has 90 valence electrons. The van der Waals surface area contributed by atoms with E-state index >= 15 is 0 Å². The van der Waals surface area contributed by atoms with E-state index in [-0.39, 0.29) is 0 Å². The van der Waals surface area contributed by atoms with Crippen molar-refractivity contribution in [3.8, 4) is 17.6 Å². The molecule has 18 heavy (non-hydrogen) atoms. The number of rotatable bonds is 3. The van der Waals surface area contributed by atoms with Crippen LogP contribution in [0.5, 0.6) is 11.5 Å². The molecule has 0 unspecified atom stereocenters. The molecule has 3 heteroatoms. The molecule has 0 heterocycles. The smallest absolute Gasteiger partial charge is 0.145 e. The maximum absolute atomic E-state index is 9.01. The van der Waals surface area contributed by atoms with Crippen LogP contribution in [-0.2, 0) is 5.88 Å². The van der Waals surface area contributed by atoms with Crippen LogP contribution in [0.4, 0.5) is 0 Å². The first kappa shape index (κ1) is 12.5. The number of hydrogen-bond acceptors (Lipinski definition) is 2. The van der Waals surface area contributed by atoms with E-state index in [0.29, 0.717) is 22.9 Å². The van der Waals surface area contributed by atoms with Crippen LogP contribution in [0.2, 0.25) is 0 Å². The normalized spacial score (nSPS) is 9.83. The molecule has 2 nitrogen and oxygen atoms in total. The summed E-state index contributed by atoms with van der Waals surface area (Å²) in [7, 11) is 0. The molecule has 2 aromatic carbocycles. The molecule has 2 aromatic rings. The lowest BCUT2D eigenvalue weighted by molar-refractivity contribution is 0.476. The molecule has 0 saturated carbocycles. The minimum absolute atomic E-state index is 0.381. The molecule has 0 N–H and O–H groups in total. The number of ether oxygens (including phenoxy) is 1. The average molecular weight is 258 g/mol. The highest BCUT2D eigenvalue weighted by Gasteiger charge is 2.07. The van der Waals surface area contributed by atoms with Crippen molar-refractivity contribution in [2.24, 2.45) is 0 Å². The lowest BCUT2D eigenvalue weighted by atomic mass is 10.1. The van der Waals surface area contributed by atoms with Gasteiger partial charge in [0, 0.05) is 5.56 Å². The van der Waals surface area contributed by atoms with Crippen molar-refractivity contribution in [2.75, 3.05) is 0 Å². The summed E-state index contributed by atoms with van der Waals surface area (Å²) in [6.07, 6.45) is 0. The summed E-state index contributed by atoms with van der Waals surface area (Å²) in [5.74, 6) is 1.62. The molecule has 0 spiro atoms. The van der Waals surface area contributed by atoms with Crippen LogP contribution in [0.25, 0.3) is 0 Å². The van der Waals surface area contributed by atoms with Gasteiger partial charge in [-0.25, -0.2) is 0 Å². The predicted octanol–water partition coefficient (Wildman–Crippen LogP) is 4.40. The zero-order valence-electron chi connectivity index (χ0n) is 9.98. The van der Waals surface area contributed by atoms with E-state index in [2.05, 4.69) is 6.07 Å². The van der Waals surface area contributed by atoms with Crippen molar-refractivity contribution in [1.82, 2.24) is 0 Å². The molecule has 0 bridgehead atoms. The Morgan fingerprint density at radius 2 is 1.94 bits per heavy atom. The lowest BCUT2D eigenvalue weighted by Crippen LogP contribution is -1.92. The summed E-state index contributed by atoms with van der Waals surface area (Å²) < 4.78 is 5.77. The van der Waals surface area contributed by atoms with Gasteiger partial charge < -0.3 is 4.74 Å². The quantitative estimate of drug-likeness (QED) is 0.764. The first-order chi connectivity index (χ1) is 8.74. The number of halogens is 1. The third-order valence-corrected chi connectivity index (χ3v) is 2.88. The van der Waals surface area contributed by atoms with Gasteiger partial charge in [0.25, 0.3) is 0 Å². The molecule has 0 aliphatic rings. The Morgan fingerprint density at radius 1 is 1.17 bits per heavy atom. The van der Waals surface area contributed by atoms with Crippen molar-refractivity contribution >= 4 is 11.6 Å². The summed E-state index contributed by atoms with van der Waals surface area (Å²) >= 11 is 5.90. The van der Waals surface area contributed by atoms with E-state index in [0.717, 1.165) is 11.1 Å². The summed E-state index contributed by atoms with van der Waals surface area (Å²) in [5, 5.41) is 9.01. The lowest BCUT2D eigenvalue weighted by Gasteiger charge is -2.11. The van der Waals surface area contributed by atoms with Crippen LogP contribution in [0.1, 0.15) is 16.7 Å². The van der Waals surface area contributed by atoms with Gasteiger partial charge in [0.15, 0.2) is 0 Å². The highest BCUT2D eigenvalue weighted by molar-refractivity contribution is 6.17. The minimum atomic E-state index is 0.381. The number of aryl methyl sites for hydroxylation is 1. The monoisotopic (exact) mass is 257 g/mol. The van der Waals surface area contributed by atoms with Crippen LogP contribution >= 0.6 is 11.6 Å². The fraction of sp³-hybridized carbons (Fsp3) is 0.133. The molecule has 0 aliphatic heterocycles. The maximum atomic E-state index is 9.01. The molecular formula is C15H12ClNO. The third-order valence-electron chi connectivity index (χ3n) is 2.59. The Morgan fingerprint density at radius 3 is 2.67 bits per heavy atom. The van der Waals surface area contributed by atoms with Gasteiger partial charge in [-0.1, -0.05) is 29.8 Å². The van der Waals surface area contributed by atoms with Crippen molar-refractivity contribution in [3.63, 3.8) is 0 Å². The Balaban J connectivity index is 2.37. The Bertz CT molecular complexity index is 602. The fourth-order valence-electron chi connectivity index (χ4n) is 1.68. The van der Waals surface area contributed by atoms with Gasteiger partial charge in [-0.15, -0.1) is 11.6 Å². The van der Waals surface area contributed by atoms with E-state index in [4.69, 9.17) is 21.6 Å². The second-order valence-electron chi connectivity index (χ2n) is 3.95. The van der Waals surface area contributed by atoms with Gasteiger partial charge in [-0.05, 0) is 25.1 Å². The van der Waals surface area contributed by atoms with Gasteiger partial charge in [-0.2, -0.15) is 5.26 Å². The van der Waals surface area contributed by atoms with Crippen molar-refractivity contribution < 1.29 is 4.74 Å². The topological polar surface area (TPSA) is 33.0 Å². The van der Waals surface area contributed by atoms with Crippen LogP contribution in [-0.4, -0.2) is 0 Å². The van der Waals surface area contributed by atoms with Crippen molar-refractivity contribution in [1.29, 1.82) is 5.26 Å². The zero-order chi connectivity index (χ0) is 13.0. The van der Waals surface area contributed by atoms with E-state index in [1.807, 2.05) is 37.3 Å². The van der Waals surface area contributed by atoms with Gasteiger partial charge >= 0.3 is 0 Å². The maximum Gasteiger partial charge on any atom is 0.145 e. The summed E-state index contributed by atoms with van der Waals surface area (Å²) in [6.45, 7) is 2.00. The minimum Gasteiger partial charge on any atom is -0.456 e. The molecule has 2 rings (SSSR count).